The Hall–Kier alpha value is -0.0727. The van der Waals surface area contributed by atoms with Crippen molar-refractivity contribution in [2.24, 2.45) is 0 Å². The van der Waals surface area contributed by atoms with Crippen molar-refractivity contribution in [1.82, 2.24) is 0 Å². The largest absolute Gasteiger partial charge is 0.673 e. The van der Waals surface area contributed by atoms with E-state index >= 15 is 0 Å². The van der Waals surface area contributed by atoms with Crippen molar-refractivity contribution < 1.29 is 37.7 Å². The normalized spacial score (nSPS) is 14.0. The van der Waals surface area contributed by atoms with Gasteiger partial charge in [0.05, 0.1) is 0 Å². The van der Waals surface area contributed by atoms with Gasteiger partial charge in [-0.15, -0.1) is 0 Å². The number of hydrogen-bond acceptors (Lipinski definition) is 0. The molecule has 0 heterocycles. The van der Waals surface area contributed by atoms with Gasteiger partial charge in [-0.2, -0.15) is 0 Å². The predicted octanol–water partition coefficient (Wildman–Crippen LogP) is 4.83. The molecular weight excluding hydrogens is 325 g/mol. The van der Waals surface area contributed by atoms with Crippen LogP contribution >= 0.6 is 0 Å². The van der Waals surface area contributed by atoms with E-state index in [1.54, 1.807) is 0 Å². The summed E-state index contributed by atoms with van der Waals surface area (Å²) in [6, 6.07) is 0. The Bertz CT molecular complexity index is 158. The Labute approximate surface area is 115 Å². The molecule has 0 atom stereocenters. The molecule has 17 heavy (non-hydrogen) atoms. The van der Waals surface area contributed by atoms with E-state index in [1.165, 1.54) is 32.1 Å². The fraction of sp³-hybridized carbons (Fsp3) is 0.364. The molecule has 0 nitrogen and oxygen atoms in total. The number of rotatable bonds is 0. The van der Waals surface area contributed by atoms with Gasteiger partial charge in [-0.3, -0.25) is 0 Å². The number of halogens is 4. The van der Waals surface area contributed by atoms with Crippen molar-refractivity contribution in [2.75, 3.05) is 0 Å². The Kier molecular flexibility index (Phi) is 20.7. The Morgan fingerprint density at radius 2 is 0.882 bits per heavy atom. The molecule has 1 rings (SSSR count). The van der Waals surface area contributed by atoms with Crippen molar-refractivity contribution >= 4 is 7.25 Å². The topological polar surface area (TPSA) is 0 Å². The summed E-state index contributed by atoms with van der Waals surface area (Å²) < 4.78 is 39.0. The molecule has 1 aliphatic rings. The molecule has 0 amide bonds. The van der Waals surface area contributed by atoms with Gasteiger partial charge in [0.15, 0.2) is 0 Å². The van der Waals surface area contributed by atoms with E-state index in [0.29, 0.717) is 0 Å². The summed E-state index contributed by atoms with van der Waals surface area (Å²) >= 11 is 0. The van der Waals surface area contributed by atoms with Crippen LogP contribution in [0.4, 0.5) is 17.3 Å². The van der Waals surface area contributed by atoms with E-state index in [-0.39, 0.29) is 20.4 Å². The van der Waals surface area contributed by atoms with Crippen molar-refractivity contribution in [3.05, 3.63) is 44.6 Å². The van der Waals surface area contributed by atoms with Gasteiger partial charge in [0, 0.05) is 20.4 Å². The average Bonchev–Trinajstić information content (AvgIpc) is 1.99. The minimum absolute atomic E-state index is 0. The molecule has 0 aromatic heterocycles. The van der Waals surface area contributed by atoms with Gasteiger partial charge in [-0.05, 0) is 46.0 Å². The van der Waals surface area contributed by atoms with Crippen LogP contribution in [0.1, 0.15) is 25.7 Å². The van der Waals surface area contributed by atoms with Crippen molar-refractivity contribution in [2.45, 2.75) is 25.7 Å². The first-order valence-electron chi connectivity index (χ1n) is 4.99. The molecule has 0 saturated heterocycles. The minimum Gasteiger partial charge on any atom is -0.418 e. The Balaban J connectivity index is -0.000000191. The molecule has 0 aliphatic heterocycles. The fourth-order valence-corrected chi connectivity index (χ4v) is 0.856. The first-order valence-corrected chi connectivity index (χ1v) is 4.99. The van der Waals surface area contributed by atoms with Crippen LogP contribution < -0.4 is 0 Å². The molecule has 0 spiro atoms. The molecule has 1 aliphatic carbocycles. The van der Waals surface area contributed by atoms with Gasteiger partial charge in [0.25, 0.3) is 0 Å². The van der Waals surface area contributed by atoms with Gasteiger partial charge in [0.2, 0.25) is 0 Å². The van der Waals surface area contributed by atoms with E-state index in [0.717, 1.165) is 0 Å². The minimum atomic E-state index is -6.00. The summed E-state index contributed by atoms with van der Waals surface area (Å²) in [6.07, 6.45) is 15.5. The molecule has 0 aromatic rings. The fourth-order valence-electron chi connectivity index (χ4n) is 0.856. The number of allylic oxidation sites excluding steroid dienone is 4. The van der Waals surface area contributed by atoms with Crippen LogP contribution in [0.5, 0.6) is 0 Å². The molecule has 0 bridgehead atoms. The first-order chi connectivity index (χ1) is 7.41. The van der Waals surface area contributed by atoms with Gasteiger partial charge in [0.1, 0.15) is 0 Å². The summed E-state index contributed by atoms with van der Waals surface area (Å²) in [6.45, 7) is 6.50. The summed E-state index contributed by atoms with van der Waals surface area (Å²) in [5, 5.41) is 0. The third-order valence-electron chi connectivity index (χ3n) is 1.33. The zero-order chi connectivity index (χ0) is 12.9. The van der Waals surface area contributed by atoms with Crippen LogP contribution in [-0.4, -0.2) is 7.25 Å². The van der Waals surface area contributed by atoms with E-state index in [2.05, 4.69) is 38.2 Å². The van der Waals surface area contributed by atoms with Gasteiger partial charge < -0.3 is 17.3 Å². The van der Waals surface area contributed by atoms with Gasteiger partial charge in [-0.25, -0.2) is 0 Å². The molecule has 0 saturated carbocycles. The second kappa shape index (κ2) is 15.9. The van der Waals surface area contributed by atoms with Gasteiger partial charge in [-0.1, -0.05) is 24.3 Å². The SMILES string of the molecule is C1=CCCC=CCC1.F[B-](F)(F)F.[CH2][CH][CH2].[Pd]. The maximum Gasteiger partial charge on any atom is 0.673 e. The molecule has 0 aromatic carbocycles. The van der Waals surface area contributed by atoms with E-state index in [4.69, 9.17) is 0 Å². The molecule has 0 fully saturated rings. The third kappa shape index (κ3) is 49.2. The Morgan fingerprint density at radius 3 is 1.00 bits per heavy atom. The molecule has 103 valence electrons. The van der Waals surface area contributed by atoms with Gasteiger partial charge >= 0.3 is 7.25 Å². The standard InChI is InChI=1S/C8H12.C3H5.BF4.Pd/c1-2-4-6-8-7-5-3-1;1-3-2;2-1(3,4)5;/h1-2,7-8H,3-6H2;3H,1-2H2;;/q;;-1;. The Morgan fingerprint density at radius 1 is 0.765 bits per heavy atom. The number of hydrogen-bond donors (Lipinski definition) is 0. The molecule has 0 N–H and O–H groups in total. The van der Waals surface area contributed by atoms with Crippen molar-refractivity contribution in [3.8, 4) is 0 Å². The molecule has 3 radical (unpaired) electrons. The third-order valence-corrected chi connectivity index (χ3v) is 1.33. The quantitative estimate of drug-likeness (QED) is 0.336. The van der Waals surface area contributed by atoms with Crippen molar-refractivity contribution in [3.63, 3.8) is 0 Å². The molecule has 6 heteroatoms. The summed E-state index contributed by atoms with van der Waals surface area (Å²) in [5.74, 6) is 0. The van der Waals surface area contributed by atoms with Crippen LogP contribution in [0.25, 0.3) is 0 Å². The summed E-state index contributed by atoms with van der Waals surface area (Å²) in [4.78, 5) is 0. The second-order valence-electron chi connectivity index (χ2n) is 2.88. The average molecular weight is 342 g/mol. The molecular formula is C11H17BF4Pd-. The zero-order valence-electron chi connectivity index (χ0n) is 9.53. The summed E-state index contributed by atoms with van der Waals surface area (Å²) in [7, 11) is -6.00. The van der Waals surface area contributed by atoms with E-state index in [9.17, 15) is 17.3 Å². The zero-order valence-corrected chi connectivity index (χ0v) is 11.1. The maximum atomic E-state index is 9.75. The maximum absolute atomic E-state index is 9.75. The van der Waals surface area contributed by atoms with Crippen molar-refractivity contribution in [1.29, 1.82) is 0 Å². The van der Waals surface area contributed by atoms with Crippen LogP contribution in [-0.2, 0) is 20.4 Å². The second-order valence-corrected chi connectivity index (χ2v) is 2.88. The van der Waals surface area contributed by atoms with Crippen LogP contribution in [0.15, 0.2) is 24.3 Å². The van der Waals surface area contributed by atoms with Crippen LogP contribution in [0, 0.1) is 20.3 Å². The monoisotopic (exact) mass is 342 g/mol. The smallest absolute Gasteiger partial charge is 0.418 e. The van der Waals surface area contributed by atoms with E-state index in [1.807, 2.05) is 0 Å². The van der Waals surface area contributed by atoms with E-state index < -0.39 is 7.25 Å². The van der Waals surface area contributed by atoms with Crippen LogP contribution in [0.3, 0.4) is 0 Å². The summed E-state index contributed by atoms with van der Waals surface area (Å²) in [5.41, 5.74) is 0. The predicted molar refractivity (Wildman–Crippen MR) is 61.9 cm³/mol. The molecule has 0 unspecified atom stereocenters. The first kappa shape index (κ1) is 22.1. The van der Waals surface area contributed by atoms with Crippen LogP contribution in [0.2, 0.25) is 0 Å².